The molecule has 36 heavy (non-hydrogen) atoms. The van der Waals surface area contributed by atoms with Crippen molar-refractivity contribution in [3.8, 4) is 11.1 Å². The minimum Gasteiger partial charge on any atom is -0.399 e. The first-order valence-electron chi connectivity index (χ1n) is 11.0. The molecule has 0 unspecified atom stereocenters. The van der Waals surface area contributed by atoms with Crippen molar-refractivity contribution >= 4 is 57.4 Å². The largest absolute Gasteiger partial charge is 0.399 e. The Morgan fingerprint density at radius 3 is 2.08 bits per heavy atom. The first-order chi connectivity index (χ1) is 17.3. The number of carbonyl (C=O) groups excluding carboxylic acids is 3. The fourth-order valence-corrected chi connectivity index (χ4v) is 4.33. The van der Waals surface area contributed by atoms with Gasteiger partial charge in [-0.15, -0.1) is 0 Å². The number of hydrogen-bond donors (Lipinski definition) is 5. The topological polar surface area (TPSA) is 171 Å². The van der Waals surface area contributed by atoms with Crippen molar-refractivity contribution in [1.29, 1.82) is 0 Å². The summed E-state index contributed by atoms with van der Waals surface area (Å²) in [5.41, 5.74) is 27.8. The van der Waals surface area contributed by atoms with Crippen LogP contribution in [0.3, 0.4) is 0 Å². The predicted octanol–water partition coefficient (Wildman–Crippen LogP) is 3.53. The molecule has 0 heterocycles. The first-order valence-corrected chi connectivity index (χ1v) is 11.0. The number of rotatable bonds is 3. The van der Waals surface area contributed by atoms with Crippen LogP contribution < -0.4 is 33.2 Å². The fourth-order valence-electron chi connectivity index (χ4n) is 4.33. The number of para-hydroxylation sites is 4. The molecular weight excluding hydrogens is 456 g/mol. The van der Waals surface area contributed by atoms with E-state index in [2.05, 4.69) is 5.32 Å². The smallest absolute Gasteiger partial charge is 0.321 e. The minimum absolute atomic E-state index is 0.0614. The van der Waals surface area contributed by atoms with Gasteiger partial charge in [-0.05, 0) is 53.6 Å². The molecule has 0 spiro atoms. The maximum absolute atomic E-state index is 13.7. The number of ketones is 1. The monoisotopic (exact) mass is 478 g/mol. The van der Waals surface area contributed by atoms with Crippen molar-refractivity contribution in [2.75, 3.05) is 33.2 Å². The molecule has 2 amide bonds. The van der Waals surface area contributed by atoms with E-state index in [9.17, 15) is 14.4 Å². The summed E-state index contributed by atoms with van der Waals surface area (Å²) >= 11 is 0. The lowest BCUT2D eigenvalue weighted by Gasteiger charge is -2.27. The van der Waals surface area contributed by atoms with Gasteiger partial charge in [0.1, 0.15) is 0 Å². The van der Waals surface area contributed by atoms with Crippen molar-refractivity contribution in [1.82, 2.24) is 0 Å². The van der Waals surface area contributed by atoms with Crippen LogP contribution >= 0.6 is 0 Å². The molecule has 1 aliphatic rings. The highest BCUT2D eigenvalue weighted by molar-refractivity contribution is 6.47. The lowest BCUT2D eigenvalue weighted by atomic mass is 10.0. The van der Waals surface area contributed by atoms with Gasteiger partial charge in [0, 0.05) is 11.3 Å². The Kier molecular flexibility index (Phi) is 5.29. The maximum Gasteiger partial charge on any atom is 0.321 e. The van der Waals surface area contributed by atoms with E-state index in [4.69, 9.17) is 22.9 Å². The van der Waals surface area contributed by atoms with Crippen LogP contribution in [0.1, 0.15) is 15.9 Å². The van der Waals surface area contributed by atoms with Crippen LogP contribution in [-0.4, -0.2) is 17.6 Å². The van der Waals surface area contributed by atoms with Crippen LogP contribution in [0.4, 0.5) is 39.8 Å². The number of nitrogens with one attached hydrogen (secondary N) is 1. The van der Waals surface area contributed by atoms with Gasteiger partial charge in [0.05, 0.1) is 39.7 Å². The quantitative estimate of drug-likeness (QED) is 0.195. The standard InChI is InChI=1S/C27H22N6O3/c28-14-9-10-15-16-11-12-20(31)24(23(16)25(34)17(15)13-14)33(22-8-4-2-6-19(22)30)27(36)26(35)32-21-7-3-1-5-18(21)29/h1-13H,28-31H2,(H,32,35). The molecule has 0 radical (unpaired) electrons. The Bertz CT molecular complexity index is 1580. The summed E-state index contributed by atoms with van der Waals surface area (Å²) < 4.78 is 0. The van der Waals surface area contributed by atoms with Gasteiger partial charge in [-0.25, -0.2) is 0 Å². The highest BCUT2D eigenvalue weighted by atomic mass is 16.2. The Balaban J connectivity index is 1.69. The molecule has 9 N–H and O–H groups in total. The zero-order valence-electron chi connectivity index (χ0n) is 19.0. The van der Waals surface area contributed by atoms with Crippen molar-refractivity contribution in [3.05, 3.63) is 90.0 Å². The van der Waals surface area contributed by atoms with Gasteiger partial charge in [0.25, 0.3) is 0 Å². The number of hydrogen-bond acceptors (Lipinski definition) is 7. The molecular formula is C27H22N6O3. The van der Waals surface area contributed by atoms with Gasteiger partial charge in [-0.1, -0.05) is 36.4 Å². The Morgan fingerprint density at radius 1 is 0.694 bits per heavy atom. The number of benzene rings is 4. The summed E-state index contributed by atoms with van der Waals surface area (Å²) in [4.78, 5) is 41.5. The van der Waals surface area contributed by atoms with Crippen LogP contribution in [-0.2, 0) is 9.59 Å². The number of nitrogen functional groups attached to an aromatic ring is 4. The van der Waals surface area contributed by atoms with Gasteiger partial charge in [0.15, 0.2) is 5.78 Å². The first kappa shape index (κ1) is 22.5. The van der Waals surface area contributed by atoms with E-state index in [1.54, 1.807) is 78.9 Å². The van der Waals surface area contributed by atoms with E-state index < -0.39 is 11.8 Å². The summed E-state index contributed by atoms with van der Waals surface area (Å²) in [5, 5.41) is 2.53. The van der Waals surface area contributed by atoms with Gasteiger partial charge >= 0.3 is 11.8 Å². The summed E-state index contributed by atoms with van der Waals surface area (Å²) in [5.74, 6) is -2.35. The molecule has 9 heteroatoms. The van der Waals surface area contributed by atoms with Crippen molar-refractivity contribution in [2.24, 2.45) is 0 Å². The third kappa shape index (κ3) is 3.55. The Morgan fingerprint density at radius 2 is 1.36 bits per heavy atom. The van der Waals surface area contributed by atoms with Gasteiger partial charge in [0.2, 0.25) is 0 Å². The van der Waals surface area contributed by atoms with E-state index in [0.717, 1.165) is 4.90 Å². The highest BCUT2D eigenvalue weighted by Crippen LogP contribution is 2.47. The molecule has 178 valence electrons. The zero-order chi connectivity index (χ0) is 25.6. The van der Waals surface area contributed by atoms with Gasteiger partial charge in [-0.3, -0.25) is 19.3 Å². The normalized spacial score (nSPS) is 11.5. The molecule has 1 aliphatic carbocycles. The summed E-state index contributed by atoms with van der Waals surface area (Å²) in [6.07, 6.45) is 0. The van der Waals surface area contributed by atoms with Crippen molar-refractivity contribution < 1.29 is 14.4 Å². The molecule has 0 atom stereocenters. The van der Waals surface area contributed by atoms with E-state index in [-0.39, 0.29) is 45.5 Å². The Hall–Kier alpha value is -5.31. The van der Waals surface area contributed by atoms with Gasteiger partial charge in [-0.2, -0.15) is 0 Å². The zero-order valence-corrected chi connectivity index (χ0v) is 19.0. The summed E-state index contributed by atoms with van der Waals surface area (Å²) in [6, 6.07) is 21.3. The second kappa shape index (κ2) is 8.48. The van der Waals surface area contributed by atoms with Crippen LogP contribution in [0, 0.1) is 0 Å². The number of carbonyl (C=O) groups is 3. The molecule has 4 aromatic carbocycles. The second-order valence-corrected chi connectivity index (χ2v) is 8.30. The van der Waals surface area contributed by atoms with E-state index in [0.29, 0.717) is 22.4 Å². The van der Waals surface area contributed by atoms with Crippen LogP contribution in [0.15, 0.2) is 78.9 Å². The number of amides is 2. The number of anilines is 7. The molecule has 0 saturated heterocycles. The fraction of sp³-hybridized carbons (Fsp3) is 0. The predicted molar refractivity (Wildman–Crippen MR) is 142 cm³/mol. The second-order valence-electron chi connectivity index (χ2n) is 8.30. The minimum atomic E-state index is -1.00. The van der Waals surface area contributed by atoms with Crippen molar-refractivity contribution in [2.45, 2.75) is 0 Å². The number of fused-ring (bicyclic) bond motifs is 3. The maximum atomic E-state index is 13.7. The third-order valence-corrected chi connectivity index (χ3v) is 6.02. The lowest BCUT2D eigenvalue weighted by molar-refractivity contribution is -0.134. The molecule has 4 aromatic rings. The average Bonchev–Trinajstić information content (AvgIpc) is 3.14. The Labute approximate surface area is 206 Å². The summed E-state index contributed by atoms with van der Waals surface area (Å²) in [7, 11) is 0. The highest BCUT2D eigenvalue weighted by Gasteiger charge is 2.37. The molecule has 0 fully saturated rings. The van der Waals surface area contributed by atoms with E-state index >= 15 is 0 Å². The SMILES string of the molecule is Nc1ccc2c(c1)C(=O)c1c-2ccc(N)c1N(C(=O)C(=O)Nc1ccccc1N)c1ccccc1N. The van der Waals surface area contributed by atoms with E-state index in [1.807, 2.05) is 0 Å². The average molecular weight is 479 g/mol. The molecule has 9 nitrogen and oxygen atoms in total. The lowest BCUT2D eigenvalue weighted by Crippen LogP contribution is -2.38. The summed E-state index contributed by atoms with van der Waals surface area (Å²) in [6.45, 7) is 0. The third-order valence-electron chi connectivity index (χ3n) is 6.02. The number of nitrogens with zero attached hydrogens (tertiary/aromatic N) is 1. The van der Waals surface area contributed by atoms with Crippen LogP contribution in [0.5, 0.6) is 0 Å². The van der Waals surface area contributed by atoms with E-state index in [1.165, 1.54) is 0 Å². The molecule has 0 bridgehead atoms. The van der Waals surface area contributed by atoms with Crippen LogP contribution in [0.25, 0.3) is 11.1 Å². The molecule has 0 saturated carbocycles. The van der Waals surface area contributed by atoms with Crippen LogP contribution in [0.2, 0.25) is 0 Å². The van der Waals surface area contributed by atoms with Crippen molar-refractivity contribution in [3.63, 3.8) is 0 Å². The van der Waals surface area contributed by atoms with Gasteiger partial charge < -0.3 is 28.3 Å². The number of nitrogens with two attached hydrogens (primary N) is 4. The molecule has 0 aromatic heterocycles. The molecule has 5 rings (SSSR count). The molecule has 0 aliphatic heterocycles.